The zero-order valence-electron chi connectivity index (χ0n) is 13.7. The highest BCUT2D eigenvalue weighted by Gasteiger charge is 2.26. The summed E-state index contributed by atoms with van der Waals surface area (Å²) in [5.41, 5.74) is 1.04. The average molecular weight is 303 g/mol. The maximum absolute atomic E-state index is 5.93. The van der Waals surface area contributed by atoms with Gasteiger partial charge in [-0.2, -0.15) is 0 Å². The molecule has 2 aromatic rings. The SMILES string of the molecule is CCCn1ccnc1CN1CCO[C@H](c2nc(C)cn2C)C1. The zero-order valence-corrected chi connectivity index (χ0v) is 13.7. The summed E-state index contributed by atoms with van der Waals surface area (Å²) >= 11 is 0. The summed E-state index contributed by atoms with van der Waals surface area (Å²) in [5, 5.41) is 0. The normalized spacial score (nSPS) is 19.7. The van der Waals surface area contributed by atoms with Crippen LogP contribution in [0.25, 0.3) is 0 Å². The van der Waals surface area contributed by atoms with Crippen LogP contribution in [0, 0.1) is 6.92 Å². The number of rotatable bonds is 5. The van der Waals surface area contributed by atoms with Crippen LogP contribution in [-0.4, -0.2) is 43.7 Å². The number of hydrogen-bond donors (Lipinski definition) is 0. The highest BCUT2D eigenvalue weighted by Crippen LogP contribution is 2.22. The fraction of sp³-hybridized carbons (Fsp3) is 0.625. The van der Waals surface area contributed by atoms with E-state index >= 15 is 0 Å². The van der Waals surface area contributed by atoms with Crippen LogP contribution in [0.15, 0.2) is 18.6 Å². The number of hydrogen-bond acceptors (Lipinski definition) is 4. The summed E-state index contributed by atoms with van der Waals surface area (Å²) < 4.78 is 10.2. The monoisotopic (exact) mass is 303 g/mol. The van der Waals surface area contributed by atoms with E-state index in [9.17, 15) is 0 Å². The number of ether oxygens (including phenoxy) is 1. The van der Waals surface area contributed by atoms with Crippen molar-refractivity contribution >= 4 is 0 Å². The van der Waals surface area contributed by atoms with E-state index in [-0.39, 0.29) is 6.10 Å². The quantitative estimate of drug-likeness (QED) is 0.846. The molecule has 0 saturated carbocycles. The van der Waals surface area contributed by atoms with Crippen molar-refractivity contribution in [2.24, 2.45) is 7.05 Å². The summed E-state index contributed by atoms with van der Waals surface area (Å²) in [7, 11) is 2.03. The second kappa shape index (κ2) is 6.62. The lowest BCUT2D eigenvalue weighted by Crippen LogP contribution is -2.39. The van der Waals surface area contributed by atoms with Gasteiger partial charge in [0.2, 0.25) is 0 Å². The molecule has 1 aliphatic heterocycles. The molecule has 1 aliphatic rings. The molecule has 1 fully saturated rings. The van der Waals surface area contributed by atoms with Crippen LogP contribution >= 0.6 is 0 Å². The van der Waals surface area contributed by atoms with Crippen molar-refractivity contribution < 1.29 is 4.74 Å². The van der Waals surface area contributed by atoms with Crippen LogP contribution in [0.1, 0.15) is 36.8 Å². The first-order valence-electron chi connectivity index (χ1n) is 8.01. The molecule has 0 aliphatic carbocycles. The Labute approximate surface area is 131 Å². The van der Waals surface area contributed by atoms with E-state index in [0.29, 0.717) is 0 Å². The van der Waals surface area contributed by atoms with E-state index in [4.69, 9.17) is 4.74 Å². The molecule has 1 atom stereocenters. The van der Waals surface area contributed by atoms with Crippen molar-refractivity contribution in [2.75, 3.05) is 19.7 Å². The number of nitrogens with zero attached hydrogens (tertiary/aromatic N) is 5. The number of imidazole rings is 2. The fourth-order valence-electron chi connectivity index (χ4n) is 3.07. The van der Waals surface area contributed by atoms with Gasteiger partial charge in [-0.1, -0.05) is 6.92 Å². The molecular weight excluding hydrogens is 278 g/mol. The van der Waals surface area contributed by atoms with Gasteiger partial charge in [0.25, 0.3) is 0 Å². The lowest BCUT2D eigenvalue weighted by atomic mass is 10.2. The van der Waals surface area contributed by atoms with Gasteiger partial charge in [0, 0.05) is 45.3 Å². The van der Waals surface area contributed by atoms with Crippen molar-refractivity contribution in [2.45, 2.75) is 39.5 Å². The molecule has 22 heavy (non-hydrogen) atoms. The van der Waals surface area contributed by atoms with Gasteiger partial charge in [0.1, 0.15) is 17.8 Å². The van der Waals surface area contributed by atoms with Crippen molar-refractivity contribution in [3.63, 3.8) is 0 Å². The Bertz CT molecular complexity index is 618. The molecule has 120 valence electrons. The Morgan fingerprint density at radius 2 is 2.27 bits per heavy atom. The lowest BCUT2D eigenvalue weighted by Gasteiger charge is -2.32. The van der Waals surface area contributed by atoms with E-state index in [1.54, 1.807) is 0 Å². The summed E-state index contributed by atoms with van der Waals surface area (Å²) in [4.78, 5) is 11.5. The molecule has 3 rings (SSSR count). The van der Waals surface area contributed by atoms with E-state index < -0.39 is 0 Å². The van der Waals surface area contributed by atoms with Gasteiger partial charge < -0.3 is 13.9 Å². The summed E-state index contributed by atoms with van der Waals surface area (Å²) in [6.45, 7) is 8.66. The van der Waals surface area contributed by atoms with Crippen molar-refractivity contribution in [1.29, 1.82) is 0 Å². The van der Waals surface area contributed by atoms with E-state index in [0.717, 1.165) is 56.5 Å². The molecule has 0 bridgehead atoms. The second-order valence-electron chi connectivity index (χ2n) is 5.98. The largest absolute Gasteiger partial charge is 0.368 e. The Hall–Kier alpha value is -1.66. The Balaban J connectivity index is 1.68. The highest BCUT2D eigenvalue weighted by molar-refractivity contribution is 5.06. The molecule has 6 heteroatoms. The van der Waals surface area contributed by atoms with Gasteiger partial charge in [-0.05, 0) is 13.3 Å². The molecule has 2 aromatic heterocycles. The molecule has 0 amide bonds. The first-order chi connectivity index (χ1) is 10.7. The number of aryl methyl sites for hydroxylation is 3. The third-order valence-corrected chi connectivity index (χ3v) is 4.10. The number of aromatic nitrogens is 4. The Morgan fingerprint density at radius 1 is 1.41 bits per heavy atom. The minimum absolute atomic E-state index is 0.0436. The summed E-state index contributed by atoms with van der Waals surface area (Å²) in [5.74, 6) is 2.15. The van der Waals surface area contributed by atoms with Crippen LogP contribution in [-0.2, 0) is 24.9 Å². The highest BCUT2D eigenvalue weighted by atomic mass is 16.5. The van der Waals surface area contributed by atoms with Crippen LogP contribution in [0.2, 0.25) is 0 Å². The van der Waals surface area contributed by atoms with Gasteiger partial charge in [-0.3, -0.25) is 4.90 Å². The van der Waals surface area contributed by atoms with Crippen LogP contribution < -0.4 is 0 Å². The van der Waals surface area contributed by atoms with Crippen LogP contribution in [0.5, 0.6) is 0 Å². The molecule has 6 nitrogen and oxygen atoms in total. The summed E-state index contributed by atoms with van der Waals surface area (Å²) in [6, 6.07) is 0. The Morgan fingerprint density at radius 3 is 3.00 bits per heavy atom. The predicted octanol–water partition coefficient (Wildman–Crippen LogP) is 1.91. The molecule has 0 aromatic carbocycles. The van der Waals surface area contributed by atoms with Gasteiger partial charge >= 0.3 is 0 Å². The summed E-state index contributed by atoms with van der Waals surface area (Å²) in [6.07, 6.45) is 7.18. The van der Waals surface area contributed by atoms with Gasteiger partial charge in [0.05, 0.1) is 18.8 Å². The molecule has 3 heterocycles. The smallest absolute Gasteiger partial charge is 0.139 e. The molecule has 0 unspecified atom stereocenters. The van der Waals surface area contributed by atoms with Gasteiger partial charge in [0.15, 0.2) is 0 Å². The van der Waals surface area contributed by atoms with Crippen LogP contribution in [0.3, 0.4) is 0 Å². The third-order valence-electron chi connectivity index (χ3n) is 4.10. The average Bonchev–Trinajstić information content (AvgIpc) is 3.06. The van der Waals surface area contributed by atoms with E-state index in [2.05, 4.69) is 37.1 Å². The first kappa shape index (κ1) is 15.2. The molecular formula is C16H25N5O. The van der Waals surface area contributed by atoms with E-state index in [1.807, 2.05) is 26.4 Å². The standard InChI is InChI=1S/C16H25N5O/c1-4-6-21-7-5-17-15(21)12-20-8-9-22-14(11-20)16-18-13(2)10-19(16)3/h5,7,10,14H,4,6,8-9,11-12H2,1-3H3/t14-/m0/s1. The van der Waals surface area contributed by atoms with Crippen molar-refractivity contribution in [1.82, 2.24) is 24.0 Å². The topological polar surface area (TPSA) is 48.1 Å². The van der Waals surface area contributed by atoms with Crippen molar-refractivity contribution in [3.05, 3.63) is 35.9 Å². The minimum Gasteiger partial charge on any atom is -0.368 e. The Kier molecular flexibility index (Phi) is 4.59. The molecule has 0 N–H and O–H groups in total. The maximum atomic E-state index is 5.93. The fourth-order valence-corrected chi connectivity index (χ4v) is 3.07. The van der Waals surface area contributed by atoms with Gasteiger partial charge in [-0.15, -0.1) is 0 Å². The molecule has 0 spiro atoms. The van der Waals surface area contributed by atoms with E-state index in [1.165, 1.54) is 0 Å². The first-order valence-corrected chi connectivity index (χ1v) is 8.01. The number of morpholine rings is 1. The molecule has 1 saturated heterocycles. The third kappa shape index (κ3) is 3.23. The second-order valence-corrected chi connectivity index (χ2v) is 5.98. The van der Waals surface area contributed by atoms with Crippen molar-refractivity contribution in [3.8, 4) is 0 Å². The predicted molar refractivity (Wildman–Crippen MR) is 84.4 cm³/mol. The van der Waals surface area contributed by atoms with Gasteiger partial charge in [-0.25, -0.2) is 9.97 Å². The zero-order chi connectivity index (χ0) is 15.5. The minimum atomic E-state index is 0.0436. The lowest BCUT2D eigenvalue weighted by molar-refractivity contribution is -0.0394. The van der Waals surface area contributed by atoms with Crippen LogP contribution in [0.4, 0.5) is 0 Å². The maximum Gasteiger partial charge on any atom is 0.139 e. The molecule has 0 radical (unpaired) electrons.